The molecule has 0 aromatic heterocycles. The van der Waals surface area contributed by atoms with E-state index in [1.807, 2.05) is 11.8 Å². The quantitative estimate of drug-likeness (QED) is 0.832. The van der Waals surface area contributed by atoms with Crippen LogP contribution < -0.4 is 10.1 Å². The third-order valence-electron chi connectivity index (χ3n) is 2.74. The first-order valence-corrected chi connectivity index (χ1v) is 6.42. The summed E-state index contributed by atoms with van der Waals surface area (Å²) in [6.07, 6.45) is 0. The maximum absolute atomic E-state index is 5.26. The average molecular weight is 223 g/mol. The van der Waals surface area contributed by atoms with Crippen molar-refractivity contribution in [2.24, 2.45) is 0 Å². The number of rotatable bonds is 2. The fraction of sp³-hybridized carbons (Fsp3) is 0.500. The topological polar surface area (TPSA) is 21.3 Å². The molecule has 82 valence electrons. The number of hydrogen-bond donors (Lipinski definition) is 1. The number of benzene rings is 1. The first-order valence-electron chi connectivity index (χ1n) is 5.27. The summed E-state index contributed by atoms with van der Waals surface area (Å²) in [7, 11) is 1.72. The van der Waals surface area contributed by atoms with Crippen LogP contribution in [0.15, 0.2) is 18.2 Å². The predicted molar refractivity (Wildman–Crippen MR) is 65.8 cm³/mol. The van der Waals surface area contributed by atoms with Gasteiger partial charge < -0.3 is 10.1 Å². The van der Waals surface area contributed by atoms with Crippen LogP contribution >= 0.6 is 11.8 Å². The lowest BCUT2D eigenvalue weighted by Gasteiger charge is -2.24. The fourth-order valence-corrected chi connectivity index (χ4v) is 2.87. The molecule has 0 amide bonds. The minimum atomic E-state index is 0.508. The highest BCUT2D eigenvalue weighted by atomic mass is 32.2. The minimum Gasteiger partial charge on any atom is -0.496 e. The van der Waals surface area contributed by atoms with Gasteiger partial charge in [-0.15, -0.1) is 0 Å². The predicted octanol–water partition coefficient (Wildman–Crippen LogP) is 2.38. The first-order chi connectivity index (χ1) is 7.31. The lowest BCUT2D eigenvalue weighted by atomic mass is 10.0. The van der Waals surface area contributed by atoms with Crippen molar-refractivity contribution in [3.05, 3.63) is 29.3 Å². The van der Waals surface area contributed by atoms with Crippen LogP contribution in [0.2, 0.25) is 0 Å². The second kappa shape index (κ2) is 4.90. The molecule has 0 saturated carbocycles. The van der Waals surface area contributed by atoms with Gasteiger partial charge in [-0.3, -0.25) is 0 Å². The highest BCUT2D eigenvalue weighted by Crippen LogP contribution is 2.26. The van der Waals surface area contributed by atoms with E-state index in [0.717, 1.165) is 12.3 Å². The van der Waals surface area contributed by atoms with Crippen LogP contribution in [0.25, 0.3) is 0 Å². The lowest BCUT2D eigenvalue weighted by Crippen LogP contribution is -2.30. The van der Waals surface area contributed by atoms with Crippen LogP contribution in [0.1, 0.15) is 17.2 Å². The van der Waals surface area contributed by atoms with E-state index in [-0.39, 0.29) is 0 Å². The van der Waals surface area contributed by atoms with Crippen molar-refractivity contribution in [1.82, 2.24) is 5.32 Å². The van der Waals surface area contributed by atoms with Gasteiger partial charge in [0, 0.05) is 24.1 Å². The van der Waals surface area contributed by atoms with Crippen molar-refractivity contribution < 1.29 is 4.74 Å². The summed E-state index contributed by atoms with van der Waals surface area (Å²) in [4.78, 5) is 0. The molecule has 0 bridgehead atoms. The van der Waals surface area contributed by atoms with Crippen molar-refractivity contribution >= 4 is 11.8 Å². The molecule has 1 saturated heterocycles. The van der Waals surface area contributed by atoms with Gasteiger partial charge in [0.2, 0.25) is 0 Å². The van der Waals surface area contributed by atoms with Gasteiger partial charge in [-0.05, 0) is 24.1 Å². The van der Waals surface area contributed by atoms with Gasteiger partial charge in [-0.1, -0.05) is 12.1 Å². The maximum Gasteiger partial charge on any atom is 0.121 e. The molecular weight excluding hydrogens is 206 g/mol. The van der Waals surface area contributed by atoms with Crippen molar-refractivity contribution in [1.29, 1.82) is 0 Å². The maximum atomic E-state index is 5.26. The molecule has 0 radical (unpaired) electrons. The van der Waals surface area contributed by atoms with Gasteiger partial charge in [0.25, 0.3) is 0 Å². The Labute approximate surface area is 95.4 Å². The molecule has 1 aromatic carbocycles. The summed E-state index contributed by atoms with van der Waals surface area (Å²) in [5.74, 6) is 3.37. The van der Waals surface area contributed by atoms with E-state index >= 15 is 0 Å². The van der Waals surface area contributed by atoms with E-state index in [1.165, 1.54) is 22.6 Å². The lowest BCUT2D eigenvalue weighted by molar-refractivity contribution is 0.411. The van der Waals surface area contributed by atoms with Crippen molar-refractivity contribution in [2.45, 2.75) is 13.0 Å². The average Bonchev–Trinajstić information content (AvgIpc) is 2.30. The minimum absolute atomic E-state index is 0.508. The summed E-state index contributed by atoms with van der Waals surface area (Å²) in [5.41, 5.74) is 2.59. The van der Waals surface area contributed by atoms with E-state index in [1.54, 1.807) is 7.11 Å². The van der Waals surface area contributed by atoms with Crippen LogP contribution in [0.3, 0.4) is 0 Å². The van der Waals surface area contributed by atoms with Crippen LogP contribution in [-0.4, -0.2) is 25.2 Å². The molecule has 1 aromatic rings. The van der Waals surface area contributed by atoms with Gasteiger partial charge in [-0.2, -0.15) is 11.8 Å². The molecule has 1 aliphatic rings. The van der Waals surface area contributed by atoms with Gasteiger partial charge in [0.1, 0.15) is 5.75 Å². The number of hydrogen-bond acceptors (Lipinski definition) is 3. The monoisotopic (exact) mass is 223 g/mol. The number of nitrogens with one attached hydrogen (secondary N) is 1. The largest absolute Gasteiger partial charge is 0.496 e. The summed E-state index contributed by atoms with van der Waals surface area (Å²) < 4.78 is 5.26. The molecule has 1 N–H and O–H groups in total. The van der Waals surface area contributed by atoms with E-state index in [2.05, 4.69) is 30.4 Å². The van der Waals surface area contributed by atoms with Crippen molar-refractivity contribution in [3.8, 4) is 5.75 Å². The Balaban J connectivity index is 2.17. The van der Waals surface area contributed by atoms with Crippen molar-refractivity contribution in [3.63, 3.8) is 0 Å². The zero-order chi connectivity index (χ0) is 10.7. The summed E-state index contributed by atoms with van der Waals surface area (Å²) >= 11 is 2.02. The van der Waals surface area contributed by atoms with Crippen LogP contribution in [0.5, 0.6) is 5.75 Å². The standard InChI is InChI=1S/C12H17NOS/c1-9-7-10(3-4-12(9)14-2)11-8-15-6-5-13-11/h3-4,7,11,13H,5-6,8H2,1-2H3. The molecule has 3 heteroatoms. The second-order valence-corrected chi connectivity index (χ2v) is 4.96. The highest BCUT2D eigenvalue weighted by Gasteiger charge is 2.15. The first kappa shape index (κ1) is 10.8. The molecule has 1 atom stereocenters. The normalized spacial score (nSPS) is 21.3. The Hall–Kier alpha value is -0.670. The molecule has 2 rings (SSSR count). The Kier molecular flexibility index (Phi) is 3.54. The zero-order valence-corrected chi connectivity index (χ0v) is 10.1. The fourth-order valence-electron chi connectivity index (χ4n) is 1.90. The molecule has 15 heavy (non-hydrogen) atoms. The summed E-state index contributed by atoms with van der Waals surface area (Å²) in [6.45, 7) is 3.21. The number of thioether (sulfide) groups is 1. The van der Waals surface area contributed by atoms with E-state index in [0.29, 0.717) is 6.04 Å². The summed E-state index contributed by atoms with van der Waals surface area (Å²) in [5, 5.41) is 3.54. The van der Waals surface area contributed by atoms with Gasteiger partial charge in [-0.25, -0.2) is 0 Å². The molecule has 1 heterocycles. The smallest absolute Gasteiger partial charge is 0.121 e. The highest BCUT2D eigenvalue weighted by molar-refractivity contribution is 7.99. The van der Waals surface area contributed by atoms with E-state index < -0.39 is 0 Å². The van der Waals surface area contributed by atoms with E-state index in [9.17, 15) is 0 Å². The third kappa shape index (κ3) is 2.47. The molecule has 1 fully saturated rings. The van der Waals surface area contributed by atoms with Crippen LogP contribution in [0.4, 0.5) is 0 Å². The number of aryl methyl sites for hydroxylation is 1. The van der Waals surface area contributed by atoms with Gasteiger partial charge in [0.05, 0.1) is 7.11 Å². The Bertz CT molecular complexity index is 334. The number of methoxy groups -OCH3 is 1. The molecule has 0 aliphatic carbocycles. The van der Waals surface area contributed by atoms with Crippen LogP contribution in [-0.2, 0) is 0 Å². The third-order valence-corrected chi connectivity index (χ3v) is 3.80. The molecule has 0 spiro atoms. The molecular formula is C12H17NOS. The van der Waals surface area contributed by atoms with E-state index in [4.69, 9.17) is 4.74 Å². The summed E-state index contributed by atoms with van der Waals surface area (Å²) in [6, 6.07) is 6.96. The Morgan fingerprint density at radius 1 is 1.47 bits per heavy atom. The molecule has 1 unspecified atom stereocenters. The van der Waals surface area contributed by atoms with Crippen molar-refractivity contribution in [2.75, 3.05) is 25.2 Å². The van der Waals surface area contributed by atoms with Crippen LogP contribution in [0, 0.1) is 6.92 Å². The SMILES string of the molecule is COc1ccc(C2CSCCN2)cc1C. The number of ether oxygens (including phenoxy) is 1. The Morgan fingerprint density at radius 3 is 2.93 bits per heavy atom. The second-order valence-electron chi connectivity index (χ2n) is 3.81. The Morgan fingerprint density at radius 2 is 2.33 bits per heavy atom. The van der Waals surface area contributed by atoms with Gasteiger partial charge in [0.15, 0.2) is 0 Å². The molecule has 1 aliphatic heterocycles. The van der Waals surface area contributed by atoms with Gasteiger partial charge >= 0.3 is 0 Å². The zero-order valence-electron chi connectivity index (χ0n) is 9.25. The molecule has 2 nitrogen and oxygen atoms in total.